The highest BCUT2D eigenvalue weighted by atomic mass is 32.2. The fourth-order valence-corrected chi connectivity index (χ4v) is 2.37. The van der Waals surface area contributed by atoms with Crippen molar-refractivity contribution in [3.05, 3.63) is 0 Å². The van der Waals surface area contributed by atoms with Gasteiger partial charge in [-0.15, -0.1) is 0 Å². The summed E-state index contributed by atoms with van der Waals surface area (Å²) < 4.78 is 119. The molecule has 0 amide bonds. The van der Waals surface area contributed by atoms with Gasteiger partial charge in [0, 0.05) is 12.8 Å². The number of halogens is 8. The van der Waals surface area contributed by atoms with Gasteiger partial charge < -0.3 is 0 Å². The number of hydrogen-bond acceptors (Lipinski definition) is 3. The number of alkyl halides is 8. The van der Waals surface area contributed by atoms with Crippen LogP contribution in [0.4, 0.5) is 35.1 Å². The molecule has 0 aliphatic rings. The molecular formula is C12H18F8O3S. The average molecular weight is 394 g/mol. The minimum Gasteiger partial charge on any atom is -0.259 e. The molecule has 0 N–H and O–H groups in total. The molecule has 0 saturated carbocycles. The van der Waals surface area contributed by atoms with Crippen molar-refractivity contribution in [2.75, 3.05) is 13.3 Å². The monoisotopic (exact) mass is 394 g/mol. The molecular weight excluding hydrogens is 376 g/mol. The van der Waals surface area contributed by atoms with Crippen LogP contribution < -0.4 is 0 Å². The highest BCUT2D eigenvalue weighted by molar-refractivity contribution is 7.75. The Morgan fingerprint density at radius 2 is 1.00 bits per heavy atom. The van der Waals surface area contributed by atoms with E-state index in [1.165, 1.54) is 0 Å². The molecule has 24 heavy (non-hydrogen) atoms. The van der Waals surface area contributed by atoms with E-state index in [0.717, 1.165) is 13.8 Å². The molecule has 0 aromatic rings. The molecule has 0 bridgehead atoms. The first kappa shape index (κ1) is 23.5. The standard InChI is InChI=1S/C12H18F8O3S/c1-9(7-13,3-5-11(15,16)17)22-24(21)23-10(2,8-14)4-6-12(18,19)20/h3-8H2,1-2H3. The van der Waals surface area contributed by atoms with Crippen LogP contribution in [0.25, 0.3) is 0 Å². The van der Waals surface area contributed by atoms with Crippen LogP contribution >= 0.6 is 0 Å². The summed E-state index contributed by atoms with van der Waals surface area (Å²) in [5, 5.41) is 0. The summed E-state index contributed by atoms with van der Waals surface area (Å²) in [6, 6.07) is 0. The van der Waals surface area contributed by atoms with Crippen molar-refractivity contribution < 1.29 is 47.7 Å². The maximum atomic E-state index is 12.9. The molecule has 0 aromatic heterocycles. The molecule has 0 spiro atoms. The van der Waals surface area contributed by atoms with Gasteiger partial charge in [0.05, 0.1) is 0 Å². The van der Waals surface area contributed by atoms with Gasteiger partial charge in [0.25, 0.3) is 0 Å². The normalized spacial score (nSPS) is 19.6. The molecule has 3 nitrogen and oxygen atoms in total. The van der Waals surface area contributed by atoms with Gasteiger partial charge >= 0.3 is 23.7 Å². The summed E-state index contributed by atoms with van der Waals surface area (Å²) in [4.78, 5) is 0. The first-order valence-electron chi connectivity index (χ1n) is 6.70. The molecule has 0 fully saturated rings. The predicted octanol–water partition coefficient (Wildman–Crippen LogP) is 4.74. The van der Waals surface area contributed by atoms with Crippen LogP contribution in [0.3, 0.4) is 0 Å². The molecule has 0 heterocycles. The van der Waals surface area contributed by atoms with Gasteiger partial charge in [0.1, 0.15) is 24.6 Å². The van der Waals surface area contributed by atoms with Gasteiger partial charge in [-0.2, -0.15) is 30.6 Å². The van der Waals surface area contributed by atoms with Crippen molar-refractivity contribution in [1.82, 2.24) is 0 Å². The molecule has 0 aliphatic carbocycles. The zero-order chi connectivity index (χ0) is 19.2. The number of hydrogen-bond donors (Lipinski definition) is 0. The van der Waals surface area contributed by atoms with Crippen LogP contribution in [0.2, 0.25) is 0 Å². The van der Waals surface area contributed by atoms with E-state index in [9.17, 15) is 39.3 Å². The lowest BCUT2D eigenvalue weighted by molar-refractivity contribution is -0.146. The average Bonchev–Trinajstić information content (AvgIpc) is 2.41. The van der Waals surface area contributed by atoms with Crippen molar-refractivity contribution in [2.24, 2.45) is 0 Å². The Balaban J connectivity index is 4.75. The van der Waals surface area contributed by atoms with Crippen LogP contribution in [-0.4, -0.2) is 41.1 Å². The van der Waals surface area contributed by atoms with Crippen molar-refractivity contribution in [2.45, 2.75) is 63.1 Å². The van der Waals surface area contributed by atoms with Gasteiger partial charge in [-0.3, -0.25) is 8.37 Å². The second kappa shape index (κ2) is 8.75. The molecule has 2 atom stereocenters. The Labute approximate surface area is 136 Å². The van der Waals surface area contributed by atoms with Crippen molar-refractivity contribution in [1.29, 1.82) is 0 Å². The van der Waals surface area contributed by atoms with E-state index in [-0.39, 0.29) is 0 Å². The predicted molar refractivity (Wildman–Crippen MR) is 69.7 cm³/mol. The van der Waals surface area contributed by atoms with E-state index in [2.05, 4.69) is 8.37 Å². The fraction of sp³-hybridized carbons (Fsp3) is 1.00. The van der Waals surface area contributed by atoms with Crippen molar-refractivity contribution in [3.8, 4) is 0 Å². The maximum Gasteiger partial charge on any atom is 0.389 e. The highest BCUT2D eigenvalue weighted by Crippen LogP contribution is 2.32. The third kappa shape index (κ3) is 10.4. The Bertz CT molecular complexity index is 378. The lowest BCUT2D eigenvalue weighted by Crippen LogP contribution is -2.39. The molecule has 12 heteroatoms. The lowest BCUT2D eigenvalue weighted by atomic mass is 10.0. The maximum absolute atomic E-state index is 12.9. The van der Waals surface area contributed by atoms with Crippen molar-refractivity contribution >= 4 is 11.4 Å². The minimum atomic E-state index is -4.61. The first-order chi connectivity index (χ1) is 10.6. The fourth-order valence-electron chi connectivity index (χ4n) is 1.42. The van der Waals surface area contributed by atoms with Gasteiger partial charge in [-0.05, 0) is 26.7 Å². The van der Waals surface area contributed by atoms with Crippen LogP contribution in [0, 0.1) is 0 Å². The van der Waals surface area contributed by atoms with Crippen LogP contribution in [0.5, 0.6) is 0 Å². The van der Waals surface area contributed by atoms with Gasteiger partial charge in [0.15, 0.2) is 0 Å². The van der Waals surface area contributed by atoms with Gasteiger partial charge in [-0.25, -0.2) is 8.78 Å². The van der Waals surface area contributed by atoms with E-state index in [0.29, 0.717) is 0 Å². The zero-order valence-corrected chi connectivity index (χ0v) is 13.7. The Morgan fingerprint density at radius 3 is 1.21 bits per heavy atom. The summed E-state index contributed by atoms with van der Waals surface area (Å²) in [5.74, 6) is 0. The second-order valence-corrected chi connectivity index (χ2v) is 6.51. The summed E-state index contributed by atoms with van der Waals surface area (Å²) in [6.07, 6.45) is -13.9. The topological polar surface area (TPSA) is 35.5 Å². The largest absolute Gasteiger partial charge is 0.389 e. The van der Waals surface area contributed by atoms with Gasteiger partial charge in [0.2, 0.25) is 0 Å². The third-order valence-electron chi connectivity index (χ3n) is 2.98. The Kier molecular flexibility index (Phi) is 8.57. The molecule has 0 radical (unpaired) electrons. The summed E-state index contributed by atoms with van der Waals surface area (Å²) >= 11 is -2.93. The van der Waals surface area contributed by atoms with E-state index >= 15 is 0 Å². The van der Waals surface area contributed by atoms with Crippen LogP contribution in [0.15, 0.2) is 0 Å². The van der Waals surface area contributed by atoms with E-state index < -0.39 is 73.9 Å². The van der Waals surface area contributed by atoms with Crippen LogP contribution in [-0.2, 0) is 19.7 Å². The first-order valence-corrected chi connectivity index (χ1v) is 7.70. The van der Waals surface area contributed by atoms with E-state index in [1.54, 1.807) is 0 Å². The summed E-state index contributed by atoms with van der Waals surface area (Å²) in [6.45, 7) is -1.12. The van der Waals surface area contributed by atoms with Crippen molar-refractivity contribution in [3.63, 3.8) is 0 Å². The molecule has 0 saturated heterocycles. The summed E-state index contributed by atoms with van der Waals surface area (Å²) in [5.41, 5.74) is -4.27. The third-order valence-corrected chi connectivity index (χ3v) is 4.06. The molecule has 0 aromatic carbocycles. The van der Waals surface area contributed by atoms with Crippen LogP contribution in [0.1, 0.15) is 39.5 Å². The second-order valence-electron chi connectivity index (χ2n) is 5.77. The lowest BCUT2D eigenvalue weighted by Gasteiger charge is -2.29. The molecule has 2 unspecified atom stereocenters. The minimum absolute atomic E-state index is 0.891. The highest BCUT2D eigenvalue weighted by Gasteiger charge is 2.39. The number of rotatable bonds is 10. The smallest absolute Gasteiger partial charge is 0.259 e. The SMILES string of the molecule is CC(CF)(CCC(F)(F)F)OS(=O)OC(C)(CF)CCC(F)(F)F. The van der Waals surface area contributed by atoms with Gasteiger partial charge in [-0.1, -0.05) is 0 Å². The molecule has 0 rings (SSSR count). The molecule has 0 aliphatic heterocycles. The summed E-state index contributed by atoms with van der Waals surface area (Å²) in [7, 11) is 0. The van der Waals surface area contributed by atoms with E-state index in [4.69, 9.17) is 0 Å². The quantitative estimate of drug-likeness (QED) is 0.502. The van der Waals surface area contributed by atoms with E-state index in [1.807, 2.05) is 0 Å². The molecule has 146 valence electrons. The Hall–Kier alpha value is -0.490. The zero-order valence-electron chi connectivity index (χ0n) is 12.9. The Morgan fingerprint density at radius 1 is 0.708 bits per heavy atom.